The lowest BCUT2D eigenvalue weighted by Crippen LogP contribution is -2.13. The first-order valence-electron chi connectivity index (χ1n) is 5.60. The van der Waals surface area contributed by atoms with Gasteiger partial charge < -0.3 is 9.84 Å². The van der Waals surface area contributed by atoms with Crippen LogP contribution >= 0.6 is 0 Å². The molecule has 7 heteroatoms. The molecular weight excluding hydrogens is 259 g/mol. The van der Waals surface area contributed by atoms with Gasteiger partial charge in [0, 0.05) is 5.56 Å². The molecule has 19 heavy (non-hydrogen) atoms. The van der Waals surface area contributed by atoms with Crippen molar-refractivity contribution < 1.29 is 17.7 Å². The summed E-state index contributed by atoms with van der Waals surface area (Å²) in [6.45, 7) is 1.85. The van der Waals surface area contributed by atoms with Gasteiger partial charge in [-0.2, -0.15) is 18.2 Å². The van der Waals surface area contributed by atoms with E-state index in [2.05, 4.69) is 15.5 Å². The average Bonchev–Trinajstić information content (AvgIpc) is 2.86. The lowest BCUT2D eigenvalue weighted by atomic mass is 10.1. The number of nitrogens with zero attached hydrogens (tertiary/aromatic N) is 2. The number of rotatable bonds is 3. The van der Waals surface area contributed by atoms with Crippen LogP contribution in [0.5, 0.6) is 0 Å². The number of hydrogen-bond donors (Lipinski definition) is 1. The van der Waals surface area contributed by atoms with E-state index in [0.29, 0.717) is 11.4 Å². The molecule has 1 aromatic carbocycles. The highest BCUT2D eigenvalue weighted by Crippen LogP contribution is 2.30. The van der Waals surface area contributed by atoms with Gasteiger partial charge >= 0.3 is 6.18 Å². The SMILES string of the molecule is CNC(C)c1noc(-c2ccc(C(F)(F)F)cc2)n1. The summed E-state index contributed by atoms with van der Waals surface area (Å²) in [5.74, 6) is 0.656. The maximum atomic E-state index is 12.4. The molecule has 1 N–H and O–H groups in total. The summed E-state index contributed by atoms with van der Waals surface area (Å²) >= 11 is 0. The molecule has 102 valence electrons. The van der Waals surface area contributed by atoms with Crippen molar-refractivity contribution in [3.63, 3.8) is 0 Å². The van der Waals surface area contributed by atoms with Crippen LogP contribution in [0.15, 0.2) is 28.8 Å². The second-order valence-electron chi connectivity index (χ2n) is 4.04. The van der Waals surface area contributed by atoms with Crippen molar-refractivity contribution in [2.45, 2.75) is 19.1 Å². The summed E-state index contributed by atoms with van der Waals surface area (Å²) in [5.41, 5.74) is -0.255. The molecule has 0 radical (unpaired) electrons. The Morgan fingerprint density at radius 2 is 1.84 bits per heavy atom. The van der Waals surface area contributed by atoms with Crippen molar-refractivity contribution in [3.8, 4) is 11.5 Å². The maximum absolute atomic E-state index is 12.4. The highest BCUT2D eigenvalue weighted by atomic mass is 19.4. The van der Waals surface area contributed by atoms with Crippen molar-refractivity contribution in [3.05, 3.63) is 35.7 Å². The highest BCUT2D eigenvalue weighted by Gasteiger charge is 2.30. The van der Waals surface area contributed by atoms with E-state index in [9.17, 15) is 13.2 Å². The van der Waals surface area contributed by atoms with E-state index in [1.54, 1.807) is 7.05 Å². The third-order valence-corrected chi connectivity index (χ3v) is 2.72. The quantitative estimate of drug-likeness (QED) is 0.932. The number of aromatic nitrogens is 2. The van der Waals surface area contributed by atoms with E-state index < -0.39 is 11.7 Å². The molecule has 1 aromatic heterocycles. The Balaban J connectivity index is 2.25. The van der Waals surface area contributed by atoms with E-state index >= 15 is 0 Å². The largest absolute Gasteiger partial charge is 0.416 e. The zero-order chi connectivity index (χ0) is 14.0. The summed E-state index contributed by atoms with van der Waals surface area (Å²) in [7, 11) is 1.75. The van der Waals surface area contributed by atoms with Gasteiger partial charge in [-0.1, -0.05) is 5.16 Å². The number of alkyl halides is 3. The Morgan fingerprint density at radius 1 is 1.21 bits per heavy atom. The fourth-order valence-electron chi connectivity index (χ4n) is 1.46. The standard InChI is InChI=1S/C12H12F3N3O/c1-7(16-2)10-17-11(19-18-10)8-3-5-9(6-4-8)12(13,14)15/h3-7,16H,1-2H3. The van der Waals surface area contributed by atoms with Crippen molar-refractivity contribution >= 4 is 0 Å². The fraction of sp³-hybridized carbons (Fsp3) is 0.333. The normalized spacial score (nSPS) is 13.5. The molecule has 0 saturated carbocycles. The Bertz CT molecular complexity index is 548. The summed E-state index contributed by atoms with van der Waals surface area (Å²) in [6.07, 6.45) is -4.35. The number of halogens is 3. The second-order valence-corrected chi connectivity index (χ2v) is 4.04. The first kappa shape index (κ1) is 13.5. The number of benzene rings is 1. The van der Waals surface area contributed by atoms with Crippen LogP contribution in [0.1, 0.15) is 24.4 Å². The van der Waals surface area contributed by atoms with E-state index in [1.807, 2.05) is 6.92 Å². The smallest absolute Gasteiger partial charge is 0.334 e. The molecular formula is C12H12F3N3O. The van der Waals surface area contributed by atoms with Gasteiger partial charge in [0.1, 0.15) is 0 Å². The van der Waals surface area contributed by atoms with E-state index in [-0.39, 0.29) is 11.9 Å². The summed E-state index contributed by atoms with van der Waals surface area (Å²) in [5, 5.41) is 6.70. The first-order valence-corrected chi connectivity index (χ1v) is 5.60. The van der Waals surface area contributed by atoms with Gasteiger partial charge in [-0.3, -0.25) is 0 Å². The number of nitrogens with one attached hydrogen (secondary N) is 1. The summed E-state index contributed by atoms with van der Waals surface area (Å²) < 4.78 is 42.3. The predicted molar refractivity (Wildman–Crippen MR) is 62.2 cm³/mol. The van der Waals surface area contributed by atoms with Crippen LogP contribution in [0, 0.1) is 0 Å². The molecule has 0 bridgehead atoms. The molecule has 0 aliphatic carbocycles. The Hall–Kier alpha value is -1.89. The zero-order valence-corrected chi connectivity index (χ0v) is 10.3. The molecule has 2 aromatic rings. The third-order valence-electron chi connectivity index (χ3n) is 2.72. The van der Waals surface area contributed by atoms with Crippen molar-refractivity contribution in [2.24, 2.45) is 0 Å². The van der Waals surface area contributed by atoms with Gasteiger partial charge in [0.15, 0.2) is 5.82 Å². The van der Waals surface area contributed by atoms with E-state index in [0.717, 1.165) is 12.1 Å². The van der Waals surface area contributed by atoms with Crippen LogP contribution < -0.4 is 5.32 Å². The minimum Gasteiger partial charge on any atom is -0.334 e. The molecule has 0 aliphatic rings. The lowest BCUT2D eigenvalue weighted by molar-refractivity contribution is -0.137. The summed E-state index contributed by atoms with van der Waals surface area (Å²) in [4.78, 5) is 4.12. The molecule has 0 aliphatic heterocycles. The van der Waals surface area contributed by atoms with Crippen LogP contribution in [-0.2, 0) is 6.18 Å². The van der Waals surface area contributed by atoms with Crippen molar-refractivity contribution in [1.82, 2.24) is 15.5 Å². The fourth-order valence-corrected chi connectivity index (χ4v) is 1.46. The summed E-state index contributed by atoms with van der Waals surface area (Å²) in [6, 6.07) is 4.50. The molecule has 1 heterocycles. The predicted octanol–water partition coefficient (Wildman–Crippen LogP) is 3.04. The van der Waals surface area contributed by atoms with Crippen LogP contribution in [0.3, 0.4) is 0 Å². The highest BCUT2D eigenvalue weighted by molar-refractivity contribution is 5.53. The second kappa shape index (κ2) is 5.00. The minimum atomic E-state index is -4.35. The van der Waals surface area contributed by atoms with Crippen LogP contribution in [0.2, 0.25) is 0 Å². The Labute approximate surface area is 107 Å². The van der Waals surface area contributed by atoms with Crippen LogP contribution in [-0.4, -0.2) is 17.2 Å². The molecule has 0 saturated heterocycles. The van der Waals surface area contributed by atoms with Gasteiger partial charge in [0.05, 0.1) is 11.6 Å². The van der Waals surface area contributed by atoms with Crippen LogP contribution in [0.4, 0.5) is 13.2 Å². The van der Waals surface area contributed by atoms with Gasteiger partial charge in [0.2, 0.25) is 0 Å². The first-order chi connectivity index (χ1) is 8.91. The molecule has 0 spiro atoms. The topological polar surface area (TPSA) is 51.0 Å². The van der Waals surface area contributed by atoms with E-state index in [1.165, 1.54) is 12.1 Å². The lowest BCUT2D eigenvalue weighted by Gasteiger charge is -2.05. The minimum absolute atomic E-state index is 0.0908. The van der Waals surface area contributed by atoms with E-state index in [4.69, 9.17) is 4.52 Å². The van der Waals surface area contributed by atoms with Crippen molar-refractivity contribution in [1.29, 1.82) is 0 Å². The molecule has 0 amide bonds. The number of hydrogen-bond acceptors (Lipinski definition) is 4. The Kier molecular flexibility index (Phi) is 3.57. The van der Waals surface area contributed by atoms with Gasteiger partial charge in [-0.25, -0.2) is 0 Å². The average molecular weight is 271 g/mol. The van der Waals surface area contributed by atoms with Gasteiger partial charge in [0.25, 0.3) is 5.89 Å². The monoisotopic (exact) mass is 271 g/mol. The molecule has 0 fully saturated rings. The zero-order valence-electron chi connectivity index (χ0n) is 10.3. The molecule has 2 rings (SSSR count). The third kappa shape index (κ3) is 2.93. The van der Waals surface area contributed by atoms with Crippen molar-refractivity contribution in [2.75, 3.05) is 7.05 Å². The Morgan fingerprint density at radius 3 is 2.37 bits per heavy atom. The maximum Gasteiger partial charge on any atom is 0.416 e. The molecule has 1 atom stereocenters. The van der Waals surface area contributed by atoms with Crippen LogP contribution in [0.25, 0.3) is 11.5 Å². The molecule has 4 nitrogen and oxygen atoms in total. The van der Waals surface area contributed by atoms with Gasteiger partial charge in [-0.15, -0.1) is 0 Å². The van der Waals surface area contributed by atoms with Gasteiger partial charge in [-0.05, 0) is 38.2 Å². The molecule has 1 unspecified atom stereocenters.